The number of rotatable bonds is 6. The highest BCUT2D eigenvalue weighted by molar-refractivity contribution is 5.13. The van der Waals surface area contributed by atoms with Gasteiger partial charge in [-0.25, -0.2) is 0 Å². The number of hydrogen-bond donors (Lipinski definition) is 1. The second-order valence-electron chi connectivity index (χ2n) is 4.83. The average molecular weight is 233 g/mol. The lowest BCUT2D eigenvalue weighted by atomic mass is 10.0. The molecule has 1 N–H and O–H groups in total. The minimum atomic E-state index is 0.740. The van der Waals surface area contributed by atoms with Crippen LogP contribution in [0.15, 0.2) is 30.3 Å². The topological polar surface area (TPSA) is 21.3 Å². The van der Waals surface area contributed by atoms with Gasteiger partial charge in [-0.1, -0.05) is 36.8 Å². The first kappa shape index (κ1) is 12.6. The molecule has 1 fully saturated rings. The van der Waals surface area contributed by atoms with Gasteiger partial charge in [-0.05, 0) is 37.8 Å². The third-order valence-corrected chi connectivity index (χ3v) is 3.37. The summed E-state index contributed by atoms with van der Waals surface area (Å²) in [6, 6.07) is 11.1. The molecule has 0 saturated carbocycles. The maximum absolute atomic E-state index is 5.68. The monoisotopic (exact) mass is 233 g/mol. The highest BCUT2D eigenvalue weighted by Crippen LogP contribution is 2.11. The molecule has 0 radical (unpaired) electrons. The molecule has 2 nitrogen and oxygen atoms in total. The van der Waals surface area contributed by atoms with Gasteiger partial charge < -0.3 is 10.1 Å². The van der Waals surface area contributed by atoms with E-state index in [1.165, 1.54) is 44.2 Å². The summed E-state index contributed by atoms with van der Waals surface area (Å²) in [5, 5.41) is 3.57. The second-order valence-corrected chi connectivity index (χ2v) is 4.83. The average Bonchev–Trinajstić information content (AvgIpc) is 2.41. The molecule has 1 aromatic rings. The molecule has 0 aromatic heterocycles. The van der Waals surface area contributed by atoms with Crippen LogP contribution in [0.4, 0.5) is 0 Å². The van der Waals surface area contributed by atoms with Crippen molar-refractivity contribution in [2.75, 3.05) is 13.2 Å². The SMILES string of the molecule is c1ccc(COCCCC2CCCCN2)cc1. The molecular weight excluding hydrogens is 210 g/mol. The van der Waals surface area contributed by atoms with Crippen molar-refractivity contribution in [1.29, 1.82) is 0 Å². The van der Waals surface area contributed by atoms with Crippen LogP contribution >= 0.6 is 0 Å². The van der Waals surface area contributed by atoms with Gasteiger partial charge in [-0.3, -0.25) is 0 Å². The van der Waals surface area contributed by atoms with Crippen LogP contribution in [0, 0.1) is 0 Å². The van der Waals surface area contributed by atoms with Gasteiger partial charge in [0.25, 0.3) is 0 Å². The minimum Gasteiger partial charge on any atom is -0.377 e. The van der Waals surface area contributed by atoms with Crippen molar-refractivity contribution in [3.8, 4) is 0 Å². The van der Waals surface area contributed by atoms with Crippen LogP contribution < -0.4 is 5.32 Å². The molecule has 1 heterocycles. The van der Waals surface area contributed by atoms with Crippen LogP contribution in [0.3, 0.4) is 0 Å². The molecular formula is C15H23NO. The summed E-state index contributed by atoms with van der Waals surface area (Å²) in [6.07, 6.45) is 6.52. The Hall–Kier alpha value is -0.860. The summed E-state index contributed by atoms with van der Waals surface area (Å²) < 4.78 is 5.68. The summed E-state index contributed by atoms with van der Waals surface area (Å²) in [6.45, 7) is 2.83. The highest BCUT2D eigenvalue weighted by atomic mass is 16.5. The Labute approximate surface area is 104 Å². The number of hydrogen-bond acceptors (Lipinski definition) is 2. The van der Waals surface area contributed by atoms with E-state index < -0.39 is 0 Å². The Morgan fingerprint density at radius 1 is 1.18 bits per heavy atom. The summed E-state index contributed by atoms with van der Waals surface area (Å²) in [4.78, 5) is 0. The van der Waals surface area contributed by atoms with Crippen molar-refractivity contribution in [2.24, 2.45) is 0 Å². The zero-order valence-corrected chi connectivity index (χ0v) is 10.5. The third kappa shape index (κ3) is 4.88. The van der Waals surface area contributed by atoms with Crippen molar-refractivity contribution >= 4 is 0 Å². The van der Waals surface area contributed by atoms with Crippen LogP contribution in [0.1, 0.15) is 37.7 Å². The fourth-order valence-corrected chi connectivity index (χ4v) is 2.37. The molecule has 94 valence electrons. The fourth-order valence-electron chi connectivity index (χ4n) is 2.37. The largest absolute Gasteiger partial charge is 0.377 e. The standard InChI is InChI=1S/C15H23NO/c1-2-7-14(8-3-1)13-17-12-6-10-15-9-4-5-11-16-15/h1-3,7-8,15-16H,4-6,9-13H2. The Morgan fingerprint density at radius 3 is 2.82 bits per heavy atom. The predicted molar refractivity (Wildman–Crippen MR) is 71.0 cm³/mol. The first-order valence-electron chi connectivity index (χ1n) is 6.80. The summed E-state index contributed by atoms with van der Waals surface area (Å²) >= 11 is 0. The van der Waals surface area contributed by atoms with Crippen LogP contribution in [0.5, 0.6) is 0 Å². The smallest absolute Gasteiger partial charge is 0.0716 e. The number of piperidine rings is 1. The van der Waals surface area contributed by atoms with Gasteiger partial charge in [0.05, 0.1) is 6.61 Å². The van der Waals surface area contributed by atoms with Crippen LogP contribution in [0.25, 0.3) is 0 Å². The molecule has 1 atom stereocenters. The lowest BCUT2D eigenvalue weighted by molar-refractivity contribution is 0.114. The van der Waals surface area contributed by atoms with Crippen molar-refractivity contribution in [3.05, 3.63) is 35.9 Å². The van der Waals surface area contributed by atoms with Gasteiger partial charge in [0.15, 0.2) is 0 Å². The zero-order valence-electron chi connectivity index (χ0n) is 10.5. The van der Waals surface area contributed by atoms with E-state index >= 15 is 0 Å². The van der Waals surface area contributed by atoms with Gasteiger partial charge in [0.2, 0.25) is 0 Å². The maximum Gasteiger partial charge on any atom is 0.0716 e. The quantitative estimate of drug-likeness (QED) is 0.762. The molecule has 17 heavy (non-hydrogen) atoms. The van der Waals surface area contributed by atoms with Crippen LogP contribution in [-0.4, -0.2) is 19.2 Å². The molecule has 2 heteroatoms. The Balaban J connectivity index is 1.51. The summed E-state index contributed by atoms with van der Waals surface area (Å²) in [5.74, 6) is 0. The lowest BCUT2D eigenvalue weighted by Crippen LogP contribution is -2.33. The third-order valence-electron chi connectivity index (χ3n) is 3.37. The molecule has 0 bridgehead atoms. The van der Waals surface area contributed by atoms with E-state index in [1.54, 1.807) is 0 Å². The molecule has 0 amide bonds. The van der Waals surface area contributed by atoms with Crippen LogP contribution in [-0.2, 0) is 11.3 Å². The number of benzene rings is 1. The van der Waals surface area contributed by atoms with E-state index in [9.17, 15) is 0 Å². The van der Waals surface area contributed by atoms with Gasteiger partial charge in [-0.2, -0.15) is 0 Å². The number of nitrogens with one attached hydrogen (secondary N) is 1. The van der Waals surface area contributed by atoms with Crippen LogP contribution in [0.2, 0.25) is 0 Å². The molecule has 1 unspecified atom stereocenters. The van der Waals surface area contributed by atoms with E-state index in [2.05, 4.69) is 29.6 Å². The van der Waals surface area contributed by atoms with Crippen molar-refractivity contribution in [2.45, 2.75) is 44.8 Å². The van der Waals surface area contributed by atoms with Gasteiger partial charge in [0.1, 0.15) is 0 Å². The van der Waals surface area contributed by atoms with Crippen molar-refractivity contribution < 1.29 is 4.74 Å². The predicted octanol–water partition coefficient (Wildman–Crippen LogP) is 3.13. The number of ether oxygens (including phenoxy) is 1. The summed E-state index contributed by atoms with van der Waals surface area (Å²) in [7, 11) is 0. The van der Waals surface area contributed by atoms with E-state index in [0.29, 0.717) is 0 Å². The van der Waals surface area contributed by atoms with Crippen molar-refractivity contribution in [3.63, 3.8) is 0 Å². The lowest BCUT2D eigenvalue weighted by Gasteiger charge is -2.23. The molecule has 1 aliphatic heterocycles. The molecule has 1 aliphatic rings. The van der Waals surface area contributed by atoms with E-state index in [4.69, 9.17) is 4.74 Å². The Morgan fingerprint density at radius 2 is 2.06 bits per heavy atom. The zero-order chi connectivity index (χ0) is 11.8. The fraction of sp³-hybridized carbons (Fsp3) is 0.600. The van der Waals surface area contributed by atoms with Gasteiger partial charge >= 0.3 is 0 Å². The van der Waals surface area contributed by atoms with E-state index in [0.717, 1.165) is 19.3 Å². The molecule has 0 spiro atoms. The second kappa shape index (κ2) is 7.46. The van der Waals surface area contributed by atoms with E-state index in [1.807, 2.05) is 6.07 Å². The highest BCUT2D eigenvalue weighted by Gasteiger charge is 2.11. The molecule has 1 saturated heterocycles. The first-order valence-corrected chi connectivity index (χ1v) is 6.80. The van der Waals surface area contributed by atoms with Gasteiger partial charge in [0, 0.05) is 12.6 Å². The van der Waals surface area contributed by atoms with Gasteiger partial charge in [-0.15, -0.1) is 0 Å². The molecule has 0 aliphatic carbocycles. The maximum atomic E-state index is 5.68. The Bertz CT molecular complexity index is 293. The Kier molecular flexibility index (Phi) is 5.53. The minimum absolute atomic E-state index is 0.740. The molecule has 2 rings (SSSR count). The normalized spacial score (nSPS) is 20.4. The first-order chi connectivity index (χ1) is 8.45. The summed E-state index contributed by atoms with van der Waals surface area (Å²) in [5.41, 5.74) is 1.27. The van der Waals surface area contributed by atoms with Crippen molar-refractivity contribution in [1.82, 2.24) is 5.32 Å². The molecule has 1 aromatic carbocycles. The van der Waals surface area contributed by atoms with E-state index in [-0.39, 0.29) is 0 Å².